The maximum Gasteiger partial charge on any atom is 0.269 e. The third kappa shape index (κ3) is 4.56. The third-order valence-corrected chi connectivity index (χ3v) is 6.55. The van der Waals surface area contributed by atoms with Crippen molar-refractivity contribution >= 4 is 45.7 Å². The lowest BCUT2D eigenvalue weighted by Crippen LogP contribution is -2.11. The molecule has 10 heteroatoms. The van der Waals surface area contributed by atoms with Gasteiger partial charge in [0.15, 0.2) is 17.3 Å². The van der Waals surface area contributed by atoms with Gasteiger partial charge in [-0.1, -0.05) is 17.8 Å². The van der Waals surface area contributed by atoms with E-state index in [0.717, 1.165) is 22.9 Å². The molecule has 4 rings (SSSR count). The summed E-state index contributed by atoms with van der Waals surface area (Å²) in [7, 11) is 1.52. The van der Waals surface area contributed by atoms with Gasteiger partial charge in [0.1, 0.15) is 17.5 Å². The van der Waals surface area contributed by atoms with Crippen molar-refractivity contribution in [2.75, 3.05) is 7.11 Å². The summed E-state index contributed by atoms with van der Waals surface area (Å²) >= 11 is 2.51. The normalized spacial score (nSPS) is 17.0. The summed E-state index contributed by atoms with van der Waals surface area (Å²) in [6.07, 6.45) is 3.37. The minimum Gasteiger partial charge on any atom is -0.493 e. The summed E-state index contributed by atoms with van der Waals surface area (Å²) in [5.41, 5.74) is 1.55. The maximum atomic E-state index is 12.8. The Hall–Kier alpha value is -3.50. The van der Waals surface area contributed by atoms with Gasteiger partial charge < -0.3 is 9.47 Å². The number of thiazole rings is 1. The van der Waals surface area contributed by atoms with Crippen LogP contribution in [0.3, 0.4) is 0 Å². The number of non-ortho nitro benzene ring substituents is 1. The number of Topliss-reactive ketones (excluding diaryl/α,β-unsaturated/α-hetero) is 1. The fourth-order valence-electron chi connectivity index (χ4n) is 3.11. The Labute approximate surface area is 191 Å². The summed E-state index contributed by atoms with van der Waals surface area (Å²) < 4.78 is 11.2. The van der Waals surface area contributed by atoms with Gasteiger partial charge in [0, 0.05) is 23.7 Å². The number of nitrogens with one attached hydrogen (secondary N) is 1. The number of thioether (sulfide) groups is 1. The molecule has 162 valence electrons. The molecule has 0 spiro atoms. The maximum absolute atomic E-state index is 12.8. The topological polar surface area (TPSA) is 115 Å². The minimum absolute atomic E-state index is 0.0215. The molecule has 0 amide bonds. The molecule has 0 bridgehead atoms. The van der Waals surface area contributed by atoms with Gasteiger partial charge in [0.2, 0.25) is 0 Å². The van der Waals surface area contributed by atoms with E-state index in [1.54, 1.807) is 48.0 Å². The molecular formula is C22H17N3O5S2. The van der Waals surface area contributed by atoms with Crippen LogP contribution < -0.4 is 9.47 Å². The van der Waals surface area contributed by atoms with Gasteiger partial charge in [-0.15, -0.1) is 11.3 Å². The van der Waals surface area contributed by atoms with Crippen molar-refractivity contribution in [2.45, 2.75) is 12.5 Å². The first-order chi connectivity index (χ1) is 15.5. The summed E-state index contributed by atoms with van der Waals surface area (Å²) in [5.74, 6) is 0.236. The van der Waals surface area contributed by atoms with Crippen molar-refractivity contribution in [1.82, 2.24) is 4.98 Å². The number of aromatic nitrogens is 1. The number of carbonyl (C=O) groups is 1. The number of nitro groups is 1. The van der Waals surface area contributed by atoms with E-state index >= 15 is 0 Å². The van der Waals surface area contributed by atoms with Gasteiger partial charge in [0.05, 0.1) is 22.0 Å². The second-order valence-electron chi connectivity index (χ2n) is 6.77. The van der Waals surface area contributed by atoms with Crippen molar-refractivity contribution in [3.8, 4) is 11.5 Å². The molecule has 1 saturated heterocycles. The van der Waals surface area contributed by atoms with Crippen LogP contribution in [0, 0.1) is 15.5 Å². The highest BCUT2D eigenvalue weighted by molar-refractivity contribution is 8.19. The third-order valence-electron chi connectivity index (χ3n) is 4.71. The molecule has 2 aromatic carbocycles. The zero-order chi connectivity index (χ0) is 22.7. The number of benzene rings is 2. The van der Waals surface area contributed by atoms with Crippen molar-refractivity contribution in [3.63, 3.8) is 0 Å². The van der Waals surface area contributed by atoms with E-state index in [4.69, 9.17) is 14.9 Å². The SMILES string of the molecule is COc1cc(/C=C2\SC(=N)[C@@H](c3nccs3)C2=O)ccc1OCc1ccc([N+](=O)[O-])cc1. The molecule has 1 N–H and O–H groups in total. The van der Waals surface area contributed by atoms with E-state index in [-0.39, 0.29) is 23.1 Å². The fourth-order valence-corrected chi connectivity index (χ4v) is 4.92. The Morgan fingerprint density at radius 2 is 2.00 bits per heavy atom. The van der Waals surface area contributed by atoms with Gasteiger partial charge in [0.25, 0.3) is 5.69 Å². The van der Waals surface area contributed by atoms with Crippen molar-refractivity contribution in [3.05, 3.63) is 85.2 Å². The number of rotatable bonds is 7. The Morgan fingerprint density at radius 3 is 2.66 bits per heavy atom. The smallest absolute Gasteiger partial charge is 0.269 e. The van der Waals surface area contributed by atoms with Crippen LogP contribution in [-0.4, -0.2) is 27.8 Å². The van der Waals surface area contributed by atoms with Crippen LogP contribution in [0.1, 0.15) is 22.1 Å². The molecule has 1 aliphatic rings. The van der Waals surface area contributed by atoms with Gasteiger partial charge in [-0.25, -0.2) is 4.98 Å². The monoisotopic (exact) mass is 467 g/mol. The summed E-state index contributed by atoms with van der Waals surface area (Å²) in [6, 6.07) is 11.4. The quantitative estimate of drug-likeness (QED) is 0.293. The number of ketones is 1. The number of carbonyl (C=O) groups excluding carboxylic acids is 1. The second-order valence-corrected chi connectivity index (χ2v) is 8.77. The largest absolute Gasteiger partial charge is 0.493 e. The molecule has 0 saturated carbocycles. The first kappa shape index (κ1) is 21.7. The Bertz CT molecular complexity index is 1210. The standard InChI is InChI=1S/C22H17N3O5S2/c1-29-17-10-14(11-18-20(26)19(21(23)32-18)22-24-8-9-31-22)4-7-16(17)30-12-13-2-5-15(6-3-13)25(27)28/h2-11,19,23H,12H2,1H3/b18-11-,23-21?/t19-/m0/s1. The average molecular weight is 468 g/mol. The first-order valence-corrected chi connectivity index (χ1v) is 11.1. The fraction of sp³-hybridized carbons (Fsp3) is 0.136. The highest BCUT2D eigenvalue weighted by Crippen LogP contribution is 2.41. The molecule has 1 aromatic heterocycles. The first-order valence-electron chi connectivity index (χ1n) is 9.42. The van der Waals surface area contributed by atoms with E-state index in [2.05, 4.69) is 4.98 Å². The lowest BCUT2D eigenvalue weighted by atomic mass is 10.0. The van der Waals surface area contributed by atoms with Crippen LogP contribution in [0.4, 0.5) is 5.69 Å². The second kappa shape index (κ2) is 9.33. The molecule has 1 atom stereocenters. The zero-order valence-corrected chi connectivity index (χ0v) is 18.4. The van der Waals surface area contributed by atoms with Crippen molar-refractivity contribution in [1.29, 1.82) is 5.41 Å². The van der Waals surface area contributed by atoms with E-state index in [9.17, 15) is 14.9 Å². The van der Waals surface area contributed by atoms with Crippen LogP contribution in [0.25, 0.3) is 6.08 Å². The number of nitrogens with zero attached hydrogens (tertiary/aromatic N) is 2. The lowest BCUT2D eigenvalue weighted by molar-refractivity contribution is -0.384. The number of hydrogen-bond acceptors (Lipinski definition) is 9. The predicted molar refractivity (Wildman–Crippen MR) is 124 cm³/mol. The molecule has 0 aliphatic carbocycles. The molecule has 0 radical (unpaired) electrons. The highest BCUT2D eigenvalue weighted by Gasteiger charge is 2.38. The predicted octanol–water partition coefficient (Wildman–Crippen LogP) is 5.06. The van der Waals surface area contributed by atoms with Crippen LogP contribution in [0.5, 0.6) is 11.5 Å². The van der Waals surface area contributed by atoms with Gasteiger partial charge in [-0.2, -0.15) is 0 Å². The van der Waals surface area contributed by atoms with Gasteiger partial charge >= 0.3 is 0 Å². The number of methoxy groups -OCH3 is 1. The van der Waals surface area contributed by atoms with Crippen LogP contribution >= 0.6 is 23.1 Å². The minimum atomic E-state index is -0.627. The number of ether oxygens (including phenoxy) is 2. The van der Waals surface area contributed by atoms with Crippen molar-refractivity contribution in [2.24, 2.45) is 0 Å². The lowest BCUT2D eigenvalue weighted by Gasteiger charge is -2.11. The summed E-state index contributed by atoms with van der Waals surface area (Å²) in [6.45, 7) is 0.218. The van der Waals surface area contributed by atoms with Crippen LogP contribution in [-0.2, 0) is 11.4 Å². The Morgan fingerprint density at radius 1 is 1.22 bits per heavy atom. The Kier molecular flexibility index (Phi) is 6.33. The van der Waals surface area contributed by atoms with E-state index in [0.29, 0.717) is 21.4 Å². The molecule has 0 unspecified atom stereocenters. The number of allylic oxidation sites excluding steroid dienone is 1. The van der Waals surface area contributed by atoms with Crippen LogP contribution in [0.2, 0.25) is 0 Å². The molecular weight excluding hydrogens is 450 g/mol. The van der Waals surface area contributed by atoms with Crippen molar-refractivity contribution < 1.29 is 19.2 Å². The number of hydrogen-bond donors (Lipinski definition) is 1. The molecule has 32 heavy (non-hydrogen) atoms. The average Bonchev–Trinajstić information content (AvgIpc) is 3.40. The van der Waals surface area contributed by atoms with E-state index in [1.165, 1.54) is 30.6 Å². The number of nitro benzene ring substituents is 1. The molecule has 8 nitrogen and oxygen atoms in total. The van der Waals surface area contributed by atoms with Gasteiger partial charge in [-0.3, -0.25) is 20.3 Å². The summed E-state index contributed by atoms with van der Waals surface area (Å²) in [5, 5.41) is 21.6. The molecule has 1 fully saturated rings. The Balaban J connectivity index is 1.49. The molecule has 3 aromatic rings. The highest BCUT2D eigenvalue weighted by atomic mass is 32.2. The van der Waals surface area contributed by atoms with Crippen LogP contribution in [0.15, 0.2) is 58.9 Å². The van der Waals surface area contributed by atoms with E-state index < -0.39 is 10.8 Å². The summed E-state index contributed by atoms with van der Waals surface area (Å²) in [4.78, 5) is 27.8. The molecule has 2 heterocycles. The van der Waals surface area contributed by atoms with Gasteiger partial charge in [-0.05, 0) is 41.5 Å². The zero-order valence-electron chi connectivity index (χ0n) is 16.8. The van der Waals surface area contributed by atoms with E-state index in [1.807, 2.05) is 0 Å². The molecule has 1 aliphatic heterocycles.